The van der Waals surface area contributed by atoms with Crippen LogP contribution in [0, 0.1) is 5.92 Å². The van der Waals surface area contributed by atoms with Crippen LogP contribution in [0.25, 0.3) is 0 Å². The second-order valence-corrected chi connectivity index (χ2v) is 7.46. The van der Waals surface area contributed by atoms with Crippen molar-refractivity contribution < 1.29 is 0 Å². The predicted octanol–water partition coefficient (Wildman–Crippen LogP) is 5.09. The fourth-order valence-electron chi connectivity index (χ4n) is 4.74. The highest BCUT2D eigenvalue weighted by atomic mass is 35.5. The summed E-state index contributed by atoms with van der Waals surface area (Å²) < 4.78 is 0. The van der Waals surface area contributed by atoms with E-state index < -0.39 is 0 Å². The summed E-state index contributed by atoms with van der Waals surface area (Å²) in [6.07, 6.45) is 6.59. The fourth-order valence-corrected chi connectivity index (χ4v) is 4.74. The van der Waals surface area contributed by atoms with Crippen molar-refractivity contribution in [2.45, 2.75) is 44.1 Å². The number of hydrogen-bond donors (Lipinski definition) is 0. The molecule has 0 bridgehead atoms. The molecule has 0 amide bonds. The summed E-state index contributed by atoms with van der Waals surface area (Å²) >= 11 is 0. The first-order chi connectivity index (χ1) is 11.3. The van der Waals surface area contributed by atoms with E-state index in [0.29, 0.717) is 6.04 Å². The van der Waals surface area contributed by atoms with Crippen molar-refractivity contribution in [3.63, 3.8) is 0 Å². The lowest BCUT2D eigenvalue weighted by molar-refractivity contribution is 0.230. The summed E-state index contributed by atoms with van der Waals surface area (Å²) in [5, 5.41) is 0. The van der Waals surface area contributed by atoms with Crippen LogP contribution in [0.3, 0.4) is 0 Å². The Morgan fingerprint density at radius 2 is 1.67 bits per heavy atom. The minimum absolute atomic E-state index is 0. The first-order valence-corrected chi connectivity index (χ1v) is 9.13. The van der Waals surface area contributed by atoms with Crippen LogP contribution in [0.1, 0.15) is 41.9 Å². The molecule has 1 unspecified atom stereocenters. The Bertz CT molecular complexity index is 654. The zero-order valence-corrected chi connectivity index (χ0v) is 15.3. The standard InChI is InChI=1S/C22H27N.ClH/c1-23-16-22-19(12-11-18-9-5-6-10-21(18)22)13-14-20(23)15-17-7-3-2-4-8-17;/h2-10,19-20,22H,11-16H2,1H3;1H/t19-,20?,22+;/m1./s1. The van der Waals surface area contributed by atoms with E-state index in [2.05, 4.69) is 66.5 Å². The van der Waals surface area contributed by atoms with Crippen LogP contribution in [0.4, 0.5) is 0 Å². The maximum absolute atomic E-state index is 2.64. The maximum atomic E-state index is 2.64. The number of rotatable bonds is 2. The number of hydrogen-bond acceptors (Lipinski definition) is 1. The van der Waals surface area contributed by atoms with E-state index in [1.807, 2.05) is 0 Å². The molecule has 3 atom stereocenters. The summed E-state index contributed by atoms with van der Waals surface area (Å²) in [6.45, 7) is 1.22. The van der Waals surface area contributed by atoms with E-state index in [4.69, 9.17) is 0 Å². The van der Waals surface area contributed by atoms with Crippen LogP contribution in [-0.4, -0.2) is 24.5 Å². The van der Waals surface area contributed by atoms with E-state index in [0.717, 1.165) is 11.8 Å². The van der Waals surface area contributed by atoms with Gasteiger partial charge in [-0.1, -0.05) is 54.6 Å². The molecule has 0 aromatic heterocycles. The van der Waals surface area contributed by atoms with Gasteiger partial charge in [-0.3, -0.25) is 0 Å². The highest BCUT2D eigenvalue weighted by Crippen LogP contribution is 2.41. The molecule has 4 rings (SSSR count). The summed E-state index contributed by atoms with van der Waals surface area (Å²) in [4.78, 5) is 2.64. The molecule has 1 nitrogen and oxygen atoms in total. The number of fused-ring (bicyclic) bond motifs is 3. The molecule has 2 aliphatic rings. The predicted molar refractivity (Wildman–Crippen MR) is 104 cm³/mol. The van der Waals surface area contributed by atoms with Gasteiger partial charge in [-0.25, -0.2) is 0 Å². The molecule has 1 heterocycles. The zero-order chi connectivity index (χ0) is 15.6. The monoisotopic (exact) mass is 341 g/mol. The lowest BCUT2D eigenvalue weighted by atomic mass is 9.73. The lowest BCUT2D eigenvalue weighted by Gasteiger charge is -2.34. The van der Waals surface area contributed by atoms with Gasteiger partial charge in [-0.15, -0.1) is 12.4 Å². The average molecular weight is 342 g/mol. The molecule has 0 radical (unpaired) electrons. The molecule has 1 aliphatic carbocycles. The van der Waals surface area contributed by atoms with Crippen LogP contribution in [-0.2, 0) is 12.8 Å². The van der Waals surface area contributed by atoms with Gasteiger partial charge in [0.05, 0.1) is 0 Å². The molecule has 2 heteroatoms. The van der Waals surface area contributed by atoms with E-state index in [-0.39, 0.29) is 12.4 Å². The fraction of sp³-hybridized carbons (Fsp3) is 0.455. The van der Waals surface area contributed by atoms with Crippen LogP contribution in [0.5, 0.6) is 0 Å². The van der Waals surface area contributed by atoms with E-state index in [9.17, 15) is 0 Å². The van der Waals surface area contributed by atoms with Gasteiger partial charge in [0, 0.05) is 12.6 Å². The van der Waals surface area contributed by atoms with Crippen molar-refractivity contribution in [1.29, 1.82) is 0 Å². The smallest absolute Gasteiger partial charge is 0.0133 e. The molecule has 2 aromatic carbocycles. The molecule has 0 N–H and O–H groups in total. The van der Waals surface area contributed by atoms with Crippen LogP contribution >= 0.6 is 12.4 Å². The molecule has 128 valence electrons. The van der Waals surface area contributed by atoms with Crippen molar-refractivity contribution in [2.75, 3.05) is 13.6 Å². The van der Waals surface area contributed by atoms with Crippen LogP contribution < -0.4 is 0 Å². The molecule has 1 saturated heterocycles. The quantitative estimate of drug-likeness (QED) is 0.735. The number of likely N-dealkylation sites (tertiary alicyclic amines) is 1. The second kappa shape index (κ2) is 7.72. The van der Waals surface area contributed by atoms with Gasteiger partial charge in [0.2, 0.25) is 0 Å². The minimum Gasteiger partial charge on any atom is -0.302 e. The van der Waals surface area contributed by atoms with Crippen LogP contribution in [0.15, 0.2) is 54.6 Å². The number of benzene rings is 2. The maximum Gasteiger partial charge on any atom is 0.0133 e. The summed E-state index contributed by atoms with van der Waals surface area (Å²) in [5.41, 5.74) is 4.72. The van der Waals surface area contributed by atoms with Crippen molar-refractivity contribution in [3.05, 3.63) is 71.3 Å². The Morgan fingerprint density at radius 1 is 0.917 bits per heavy atom. The van der Waals surface area contributed by atoms with Crippen molar-refractivity contribution in [1.82, 2.24) is 4.90 Å². The minimum atomic E-state index is 0. The highest BCUT2D eigenvalue weighted by molar-refractivity contribution is 5.85. The van der Waals surface area contributed by atoms with Crippen LogP contribution in [0.2, 0.25) is 0 Å². The molecule has 0 spiro atoms. The van der Waals surface area contributed by atoms with Gasteiger partial charge in [0.15, 0.2) is 0 Å². The van der Waals surface area contributed by atoms with Gasteiger partial charge >= 0.3 is 0 Å². The van der Waals surface area contributed by atoms with Gasteiger partial charge < -0.3 is 4.90 Å². The molecular formula is C22H28ClN. The Labute approximate surface area is 152 Å². The van der Waals surface area contributed by atoms with E-state index in [1.54, 1.807) is 11.1 Å². The summed E-state index contributed by atoms with van der Waals surface area (Å²) in [5.74, 6) is 1.62. The van der Waals surface area contributed by atoms with Gasteiger partial charge in [-0.2, -0.15) is 0 Å². The molecule has 0 saturated carbocycles. The summed E-state index contributed by atoms with van der Waals surface area (Å²) in [6, 6.07) is 20.9. The second-order valence-electron chi connectivity index (χ2n) is 7.46. The first-order valence-electron chi connectivity index (χ1n) is 9.13. The lowest BCUT2D eigenvalue weighted by Crippen LogP contribution is -2.35. The Balaban J connectivity index is 0.00000169. The molecule has 2 aromatic rings. The van der Waals surface area contributed by atoms with E-state index in [1.165, 1.54) is 44.2 Å². The Kier molecular flexibility index (Phi) is 5.63. The largest absolute Gasteiger partial charge is 0.302 e. The topological polar surface area (TPSA) is 3.24 Å². The number of aryl methyl sites for hydroxylation is 1. The highest BCUT2D eigenvalue weighted by Gasteiger charge is 2.34. The molecule has 24 heavy (non-hydrogen) atoms. The molecular weight excluding hydrogens is 314 g/mol. The Hall–Kier alpha value is -1.31. The van der Waals surface area contributed by atoms with Crippen molar-refractivity contribution >= 4 is 12.4 Å². The molecule has 1 fully saturated rings. The SMILES string of the molecule is CN1C[C@@H]2c3ccccc3CC[C@@H]2CCC1Cc1ccccc1.Cl. The van der Waals surface area contributed by atoms with Gasteiger partial charge in [-0.05, 0) is 67.7 Å². The molecule has 1 aliphatic heterocycles. The van der Waals surface area contributed by atoms with Crippen molar-refractivity contribution in [3.8, 4) is 0 Å². The third kappa shape index (κ3) is 3.53. The first kappa shape index (κ1) is 17.5. The summed E-state index contributed by atoms with van der Waals surface area (Å²) in [7, 11) is 2.34. The van der Waals surface area contributed by atoms with Gasteiger partial charge in [0.1, 0.15) is 0 Å². The normalized spacial score (nSPS) is 26.6. The number of halogens is 1. The van der Waals surface area contributed by atoms with Gasteiger partial charge in [0.25, 0.3) is 0 Å². The van der Waals surface area contributed by atoms with Crippen molar-refractivity contribution in [2.24, 2.45) is 5.92 Å². The average Bonchev–Trinajstić information content (AvgIpc) is 2.75. The third-order valence-electron chi connectivity index (χ3n) is 6.10. The third-order valence-corrected chi connectivity index (χ3v) is 6.10. The number of likely N-dealkylation sites (N-methyl/N-ethyl adjacent to an activating group) is 1. The number of nitrogens with zero attached hydrogens (tertiary/aromatic N) is 1. The van der Waals surface area contributed by atoms with E-state index >= 15 is 0 Å². The Morgan fingerprint density at radius 3 is 2.50 bits per heavy atom. The zero-order valence-electron chi connectivity index (χ0n) is 14.5.